The van der Waals surface area contributed by atoms with Gasteiger partial charge in [0.1, 0.15) is 12.6 Å². The zero-order valence-electron chi connectivity index (χ0n) is 27.9. The summed E-state index contributed by atoms with van der Waals surface area (Å²) < 4.78 is 17.2. The van der Waals surface area contributed by atoms with Crippen LogP contribution in [0.25, 0.3) is 0 Å². The molecule has 0 bridgehead atoms. The highest BCUT2D eigenvalue weighted by molar-refractivity contribution is 6.74. The van der Waals surface area contributed by atoms with Crippen molar-refractivity contribution in [3.8, 4) is 0 Å². The Morgan fingerprint density at radius 1 is 1.00 bits per heavy atom. The molecule has 6 nitrogen and oxygen atoms in total. The largest absolute Gasteiger partial charge is 0.481 e. The number of hydrogen-bond donors (Lipinski definition) is 1. The van der Waals surface area contributed by atoms with Gasteiger partial charge in [-0.2, -0.15) is 0 Å². The predicted octanol–water partition coefficient (Wildman–Crippen LogP) is 8.49. The van der Waals surface area contributed by atoms with E-state index in [1.807, 2.05) is 0 Å². The normalized spacial score (nSPS) is 35.3. The fourth-order valence-corrected chi connectivity index (χ4v) is 9.69. The quantitative estimate of drug-likeness (QED) is 0.123. The van der Waals surface area contributed by atoms with Crippen molar-refractivity contribution < 1.29 is 28.6 Å². The molecular formula is C34H62O6Si. The highest BCUT2D eigenvalue weighted by Gasteiger charge is 2.60. The Bertz CT molecular complexity index is 883. The van der Waals surface area contributed by atoms with Gasteiger partial charge in [-0.1, -0.05) is 67.2 Å². The van der Waals surface area contributed by atoms with E-state index in [9.17, 15) is 14.7 Å². The number of ether oxygens (including phenoxy) is 2. The van der Waals surface area contributed by atoms with Gasteiger partial charge in [0.05, 0.1) is 12.0 Å². The van der Waals surface area contributed by atoms with Crippen LogP contribution in [0, 0.1) is 40.4 Å². The first-order chi connectivity index (χ1) is 19.1. The monoisotopic (exact) mass is 594 g/mol. The highest BCUT2D eigenvalue weighted by Crippen LogP contribution is 2.62. The average molecular weight is 595 g/mol. The van der Waals surface area contributed by atoms with Crippen LogP contribution < -0.4 is 0 Å². The lowest BCUT2D eigenvalue weighted by atomic mass is 9.51. The van der Waals surface area contributed by atoms with Crippen molar-refractivity contribution >= 4 is 20.1 Å². The maximum Gasteiger partial charge on any atom is 0.307 e. The minimum Gasteiger partial charge on any atom is -0.481 e. The van der Waals surface area contributed by atoms with Gasteiger partial charge in [0.25, 0.3) is 0 Å². The number of fused-ring (bicyclic) bond motifs is 1. The van der Waals surface area contributed by atoms with Crippen molar-refractivity contribution in [3.63, 3.8) is 0 Å². The van der Waals surface area contributed by atoms with Gasteiger partial charge in [-0.3, -0.25) is 9.59 Å². The summed E-state index contributed by atoms with van der Waals surface area (Å²) in [6.45, 7) is 19.5. The van der Waals surface area contributed by atoms with E-state index in [1.54, 1.807) is 7.11 Å². The molecule has 3 aliphatic rings. The molecule has 3 fully saturated rings. The molecule has 0 spiro atoms. The SMILES string of the molecule is COCO[C@H]1CC[C@](C)(C2CC[C@]3(C)[C@@H]([C@H](C)CCCCCCO[Si](C)(C)C(C)(C)C)CC[C@H]3C2=O)[C@@H](C(=O)O)C1. The Kier molecular flexibility index (Phi) is 11.8. The van der Waals surface area contributed by atoms with E-state index in [0.717, 1.165) is 51.6 Å². The van der Waals surface area contributed by atoms with E-state index in [-0.39, 0.29) is 35.2 Å². The summed E-state index contributed by atoms with van der Waals surface area (Å²) in [5.74, 6) is 0.139. The Morgan fingerprint density at radius 3 is 2.27 bits per heavy atom. The minimum absolute atomic E-state index is 0.0534. The number of hydrogen-bond acceptors (Lipinski definition) is 5. The van der Waals surface area contributed by atoms with Crippen LogP contribution in [0.5, 0.6) is 0 Å². The lowest BCUT2D eigenvalue weighted by Crippen LogP contribution is -2.53. The molecule has 3 aliphatic carbocycles. The number of rotatable bonds is 14. The highest BCUT2D eigenvalue weighted by atomic mass is 28.4. The smallest absolute Gasteiger partial charge is 0.307 e. The molecule has 7 heteroatoms. The molecule has 0 aromatic heterocycles. The summed E-state index contributed by atoms with van der Waals surface area (Å²) in [5, 5.41) is 10.5. The van der Waals surface area contributed by atoms with E-state index in [1.165, 1.54) is 25.7 Å². The second-order valence-electron chi connectivity index (χ2n) is 15.9. The average Bonchev–Trinajstić information content (AvgIpc) is 3.24. The van der Waals surface area contributed by atoms with Crippen LogP contribution in [0.3, 0.4) is 0 Å². The summed E-state index contributed by atoms with van der Waals surface area (Å²) in [6.07, 6.45) is 11.9. The number of carbonyl (C=O) groups excluding carboxylic acids is 1. The van der Waals surface area contributed by atoms with Crippen LogP contribution in [-0.4, -0.2) is 51.8 Å². The van der Waals surface area contributed by atoms with Crippen LogP contribution in [0.1, 0.15) is 119 Å². The molecule has 8 atom stereocenters. The first-order valence-corrected chi connectivity index (χ1v) is 19.5. The van der Waals surface area contributed by atoms with Gasteiger partial charge < -0.3 is 19.0 Å². The van der Waals surface area contributed by atoms with Crippen molar-refractivity contribution in [1.82, 2.24) is 0 Å². The van der Waals surface area contributed by atoms with Gasteiger partial charge in [-0.25, -0.2) is 0 Å². The van der Waals surface area contributed by atoms with Crippen molar-refractivity contribution in [1.29, 1.82) is 0 Å². The zero-order valence-corrected chi connectivity index (χ0v) is 28.9. The van der Waals surface area contributed by atoms with Gasteiger partial charge >= 0.3 is 5.97 Å². The van der Waals surface area contributed by atoms with Crippen LogP contribution in [0.15, 0.2) is 0 Å². The molecular weight excluding hydrogens is 532 g/mol. The third-order valence-electron chi connectivity index (χ3n) is 12.4. The van der Waals surface area contributed by atoms with Crippen LogP contribution in [-0.2, 0) is 23.5 Å². The number of carboxylic acids is 1. The molecule has 1 unspecified atom stereocenters. The Morgan fingerprint density at radius 2 is 1.63 bits per heavy atom. The van der Waals surface area contributed by atoms with Crippen molar-refractivity contribution in [2.24, 2.45) is 40.4 Å². The van der Waals surface area contributed by atoms with E-state index in [0.29, 0.717) is 24.0 Å². The molecule has 0 saturated heterocycles. The zero-order chi connectivity index (χ0) is 30.6. The second-order valence-corrected chi connectivity index (χ2v) is 20.7. The standard InChI is InChI=1S/C34H62O6Si/c1-24(14-12-10-11-13-21-40-41(8,9)32(2,3)4)26-15-16-27-30(35)28(18-20-33(26,27)5)34(6)19-17-25(39-23-38-7)22-29(34)31(36)37/h24-29H,10-23H2,1-9H3,(H,36,37)/t24-,25+,26-,27+,28?,29-,33-,34-/m1/s1. The molecule has 0 heterocycles. The van der Waals surface area contributed by atoms with Gasteiger partial charge in [0, 0.05) is 25.6 Å². The van der Waals surface area contributed by atoms with E-state index in [4.69, 9.17) is 13.9 Å². The Balaban J connectivity index is 1.52. The third-order valence-corrected chi connectivity index (χ3v) is 16.9. The summed E-state index contributed by atoms with van der Waals surface area (Å²) in [6, 6.07) is 0. The fourth-order valence-electron chi connectivity index (χ4n) is 8.60. The molecule has 0 aliphatic heterocycles. The number of unbranched alkanes of at least 4 members (excludes halogenated alkanes) is 3. The van der Waals surface area contributed by atoms with Gasteiger partial charge in [0.2, 0.25) is 0 Å². The summed E-state index contributed by atoms with van der Waals surface area (Å²) in [7, 11) is -0.0598. The predicted molar refractivity (Wildman–Crippen MR) is 167 cm³/mol. The molecule has 0 radical (unpaired) electrons. The van der Waals surface area contributed by atoms with E-state index in [2.05, 4.69) is 54.6 Å². The van der Waals surface area contributed by atoms with Crippen molar-refractivity contribution in [2.75, 3.05) is 20.5 Å². The summed E-state index contributed by atoms with van der Waals surface area (Å²) in [4.78, 5) is 26.6. The Hall–Kier alpha value is -0.763. The van der Waals surface area contributed by atoms with E-state index < -0.39 is 25.6 Å². The molecule has 0 aromatic carbocycles. The molecule has 3 saturated carbocycles. The summed E-state index contributed by atoms with van der Waals surface area (Å²) in [5.41, 5.74) is -0.451. The first kappa shape index (κ1) is 34.7. The fraction of sp³-hybridized carbons (Fsp3) is 0.941. The van der Waals surface area contributed by atoms with Gasteiger partial charge in [-0.15, -0.1) is 0 Å². The molecule has 238 valence electrons. The first-order valence-electron chi connectivity index (χ1n) is 16.6. The van der Waals surface area contributed by atoms with Crippen LogP contribution in [0.2, 0.25) is 18.1 Å². The Labute approximate surface area is 252 Å². The number of carbonyl (C=O) groups is 2. The van der Waals surface area contributed by atoms with Crippen LogP contribution >= 0.6 is 0 Å². The third kappa shape index (κ3) is 7.67. The maximum atomic E-state index is 14.1. The number of methoxy groups -OCH3 is 1. The molecule has 0 amide bonds. The van der Waals surface area contributed by atoms with Crippen molar-refractivity contribution in [3.05, 3.63) is 0 Å². The number of ketones is 1. The lowest BCUT2D eigenvalue weighted by molar-refractivity contribution is -0.167. The lowest BCUT2D eigenvalue weighted by Gasteiger charge is -2.52. The number of carboxylic acid groups (broad SMARTS) is 1. The van der Waals surface area contributed by atoms with Gasteiger partial charge in [0.15, 0.2) is 8.32 Å². The van der Waals surface area contributed by atoms with Crippen LogP contribution in [0.4, 0.5) is 0 Å². The summed E-state index contributed by atoms with van der Waals surface area (Å²) >= 11 is 0. The molecule has 1 N–H and O–H groups in total. The number of Topliss-reactive ketones (excluding diaryl/α,β-unsaturated/α-hetero) is 1. The van der Waals surface area contributed by atoms with E-state index >= 15 is 0 Å². The topological polar surface area (TPSA) is 82.1 Å². The second kappa shape index (κ2) is 13.9. The maximum absolute atomic E-state index is 14.1. The molecule has 0 aromatic rings. The van der Waals surface area contributed by atoms with Gasteiger partial charge in [-0.05, 0) is 92.2 Å². The molecule has 41 heavy (non-hydrogen) atoms. The number of aliphatic carboxylic acids is 1. The minimum atomic E-state index is -1.65. The molecule has 3 rings (SSSR count). The van der Waals surface area contributed by atoms with Crippen molar-refractivity contribution in [2.45, 2.75) is 143 Å².